The zero-order chi connectivity index (χ0) is 25.4. The normalized spacial score (nSPS) is 28.2. The number of hydrogen-bond acceptors (Lipinski definition) is 5. The third kappa shape index (κ3) is 3.90. The molecule has 2 N–H and O–H groups in total. The molecule has 7 heteroatoms. The predicted molar refractivity (Wildman–Crippen MR) is 134 cm³/mol. The van der Waals surface area contributed by atoms with Crippen molar-refractivity contribution in [3.63, 3.8) is 0 Å². The zero-order valence-electron chi connectivity index (χ0n) is 20.4. The van der Waals surface area contributed by atoms with Crippen molar-refractivity contribution in [1.82, 2.24) is 5.32 Å². The van der Waals surface area contributed by atoms with Gasteiger partial charge in [-0.1, -0.05) is 63.3 Å². The van der Waals surface area contributed by atoms with E-state index in [9.17, 15) is 24.8 Å². The summed E-state index contributed by atoms with van der Waals surface area (Å²) < 4.78 is 0. The number of anilines is 1. The lowest BCUT2D eigenvalue weighted by atomic mass is 9.72. The van der Waals surface area contributed by atoms with Gasteiger partial charge in [-0.3, -0.25) is 19.7 Å². The Labute approximate surface area is 211 Å². The van der Waals surface area contributed by atoms with Crippen molar-refractivity contribution in [2.45, 2.75) is 63.5 Å². The minimum atomic E-state index is -1.53. The van der Waals surface area contributed by atoms with Gasteiger partial charge in [0.15, 0.2) is 0 Å². The molecule has 0 radical (unpaired) electrons. The molecular formula is C29H31N3O4. The van der Waals surface area contributed by atoms with Crippen molar-refractivity contribution in [1.29, 1.82) is 5.26 Å². The van der Waals surface area contributed by atoms with Crippen LogP contribution in [0.1, 0.15) is 68.2 Å². The second-order valence-corrected chi connectivity index (χ2v) is 10.4. The predicted octanol–water partition coefficient (Wildman–Crippen LogP) is 4.36. The van der Waals surface area contributed by atoms with Gasteiger partial charge in [-0.05, 0) is 54.2 Å². The molecule has 1 saturated carbocycles. The van der Waals surface area contributed by atoms with E-state index in [0.717, 1.165) is 44.1 Å². The molecule has 5 rings (SSSR count). The second kappa shape index (κ2) is 9.51. The average Bonchev–Trinajstić information content (AvgIpc) is 3.38. The molecule has 4 unspecified atom stereocenters. The van der Waals surface area contributed by atoms with Crippen LogP contribution < -0.4 is 10.2 Å². The molecule has 2 saturated heterocycles. The summed E-state index contributed by atoms with van der Waals surface area (Å²) in [5, 5.41) is 23.1. The number of nitriles is 1. The van der Waals surface area contributed by atoms with Crippen LogP contribution in [0.25, 0.3) is 0 Å². The van der Waals surface area contributed by atoms with Crippen LogP contribution in [0.3, 0.4) is 0 Å². The van der Waals surface area contributed by atoms with Gasteiger partial charge < -0.3 is 5.11 Å². The molecule has 2 amide bonds. The van der Waals surface area contributed by atoms with E-state index in [4.69, 9.17) is 0 Å². The number of benzene rings is 2. The van der Waals surface area contributed by atoms with Crippen LogP contribution >= 0.6 is 0 Å². The van der Waals surface area contributed by atoms with E-state index < -0.39 is 35.3 Å². The molecule has 2 aromatic carbocycles. The number of nitrogens with one attached hydrogen (secondary N) is 1. The van der Waals surface area contributed by atoms with E-state index in [0.29, 0.717) is 23.2 Å². The topological polar surface area (TPSA) is 110 Å². The molecule has 0 aromatic heterocycles. The highest BCUT2D eigenvalue weighted by Crippen LogP contribution is 2.52. The first-order valence-electron chi connectivity index (χ1n) is 12.9. The third-order valence-electron chi connectivity index (χ3n) is 8.37. The van der Waals surface area contributed by atoms with Gasteiger partial charge in [0.05, 0.1) is 29.2 Å². The molecule has 3 fully saturated rings. The molecule has 0 spiro atoms. The van der Waals surface area contributed by atoms with Crippen molar-refractivity contribution < 1.29 is 19.5 Å². The average molecular weight is 486 g/mol. The van der Waals surface area contributed by atoms with Gasteiger partial charge >= 0.3 is 5.97 Å². The number of carbonyl (C=O) groups excluding carboxylic acids is 2. The number of aryl methyl sites for hydroxylation is 1. The summed E-state index contributed by atoms with van der Waals surface area (Å²) in [4.78, 5) is 42.0. The first-order valence-corrected chi connectivity index (χ1v) is 12.9. The number of aliphatic carboxylic acids is 1. The van der Waals surface area contributed by atoms with Crippen LogP contribution in [-0.2, 0) is 20.8 Å². The van der Waals surface area contributed by atoms with E-state index in [1.165, 1.54) is 4.90 Å². The Bertz CT molecular complexity index is 1210. The fourth-order valence-corrected chi connectivity index (χ4v) is 6.51. The van der Waals surface area contributed by atoms with Crippen LogP contribution in [0.5, 0.6) is 0 Å². The van der Waals surface area contributed by atoms with E-state index in [2.05, 4.69) is 11.4 Å². The number of amides is 2. The first-order chi connectivity index (χ1) is 17.4. The molecule has 2 aliphatic heterocycles. The van der Waals surface area contributed by atoms with Crippen LogP contribution in [0.4, 0.5) is 5.69 Å². The lowest BCUT2D eigenvalue weighted by molar-refractivity contribution is -0.150. The Kier molecular flexibility index (Phi) is 6.40. The first kappa shape index (κ1) is 24.2. The highest BCUT2D eigenvalue weighted by atomic mass is 16.4. The number of nitrogens with zero attached hydrogens (tertiary/aromatic N) is 2. The van der Waals surface area contributed by atoms with Gasteiger partial charge in [0.25, 0.3) is 0 Å². The molecule has 7 nitrogen and oxygen atoms in total. The fraction of sp³-hybridized carbons (Fsp3) is 0.448. The summed E-state index contributed by atoms with van der Waals surface area (Å²) in [6, 6.07) is 15.6. The van der Waals surface area contributed by atoms with Gasteiger partial charge in [-0.25, -0.2) is 4.90 Å². The molecule has 36 heavy (non-hydrogen) atoms. The molecule has 0 bridgehead atoms. The number of imide groups is 1. The SMILES string of the molecule is CCc1ccc(N2C(=O)C3C(c4ccc(C#N)cc4)NC(CC4CCCCC4)(C(=O)O)C3C2=O)cc1. The molecule has 4 atom stereocenters. The number of carboxylic acid groups (broad SMARTS) is 1. The Morgan fingerprint density at radius 2 is 1.72 bits per heavy atom. The van der Waals surface area contributed by atoms with Crippen LogP contribution in [0, 0.1) is 29.1 Å². The third-order valence-corrected chi connectivity index (χ3v) is 8.37. The highest BCUT2D eigenvalue weighted by Gasteiger charge is 2.68. The number of carboxylic acids is 1. The molecular weight excluding hydrogens is 454 g/mol. The van der Waals surface area contributed by atoms with Crippen molar-refractivity contribution in [2.24, 2.45) is 17.8 Å². The van der Waals surface area contributed by atoms with Crippen molar-refractivity contribution in [2.75, 3.05) is 4.90 Å². The van der Waals surface area contributed by atoms with Crippen molar-refractivity contribution >= 4 is 23.5 Å². The van der Waals surface area contributed by atoms with E-state index in [-0.39, 0.29) is 11.8 Å². The quantitative estimate of drug-likeness (QED) is 0.588. The lowest BCUT2D eigenvalue weighted by Gasteiger charge is -2.35. The second-order valence-electron chi connectivity index (χ2n) is 10.4. The van der Waals surface area contributed by atoms with Crippen LogP contribution in [0.15, 0.2) is 48.5 Å². The fourth-order valence-electron chi connectivity index (χ4n) is 6.51. The van der Waals surface area contributed by atoms with Gasteiger partial charge in [-0.2, -0.15) is 5.26 Å². The molecule has 1 aliphatic carbocycles. The summed E-state index contributed by atoms with van der Waals surface area (Å²) >= 11 is 0. The maximum atomic E-state index is 14.0. The van der Waals surface area contributed by atoms with Gasteiger partial charge in [0.2, 0.25) is 11.8 Å². The number of rotatable bonds is 6. The highest BCUT2D eigenvalue weighted by molar-refractivity contribution is 6.24. The van der Waals surface area contributed by atoms with Crippen molar-refractivity contribution in [3.05, 3.63) is 65.2 Å². The van der Waals surface area contributed by atoms with Gasteiger partial charge in [0, 0.05) is 6.04 Å². The monoisotopic (exact) mass is 485 g/mol. The molecule has 3 aliphatic rings. The van der Waals surface area contributed by atoms with Crippen molar-refractivity contribution in [3.8, 4) is 6.07 Å². The number of fused-ring (bicyclic) bond motifs is 1. The summed E-state index contributed by atoms with van der Waals surface area (Å²) in [7, 11) is 0. The van der Waals surface area contributed by atoms with E-state index in [1.807, 2.05) is 19.1 Å². The maximum Gasteiger partial charge on any atom is 0.324 e. The lowest BCUT2D eigenvalue weighted by Crippen LogP contribution is -2.57. The Morgan fingerprint density at radius 3 is 2.31 bits per heavy atom. The molecule has 2 aromatic rings. The molecule has 2 heterocycles. The van der Waals surface area contributed by atoms with Gasteiger partial charge in [-0.15, -0.1) is 0 Å². The summed E-state index contributed by atoms with van der Waals surface area (Å²) in [5.74, 6) is -3.56. The summed E-state index contributed by atoms with van der Waals surface area (Å²) in [6.07, 6.45) is 6.26. The standard InChI is InChI=1S/C29H31N3O4/c1-2-18-10-14-22(15-11-18)32-26(33)23-24(27(32)34)29(28(35)36,16-19-6-4-3-5-7-19)31-25(23)21-12-8-20(17-30)9-13-21/h8-15,19,23-25,31H,2-7,16H2,1H3,(H,35,36). The Hall–Kier alpha value is -3.50. The van der Waals surface area contributed by atoms with Crippen LogP contribution in [-0.4, -0.2) is 28.4 Å². The number of hydrogen-bond donors (Lipinski definition) is 2. The smallest absolute Gasteiger partial charge is 0.324 e. The van der Waals surface area contributed by atoms with Crippen LogP contribution in [0.2, 0.25) is 0 Å². The van der Waals surface area contributed by atoms with Gasteiger partial charge in [0.1, 0.15) is 5.54 Å². The Morgan fingerprint density at radius 1 is 1.06 bits per heavy atom. The molecule has 186 valence electrons. The summed E-state index contributed by atoms with van der Waals surface area (Å²) in [6.45, 7) is 2.03. The Balaban J connectivity index is 1.59. The minimum absolute atomic E-state index is 0.184. The largest absolute Gasteiger partial charge is 0.480 e. The van der Waals surface area contributed by atoms with E-state index in [1.54, 1.807) is 36.4 Å². The maximum absolute atomic E-state index is 14.0. The van der Waals surface area contributed by atoms with E-state index >= 15 is 0 Å². The minimum Gasteiger partial charge on any atom is -0.480 e. The zero-order valence-corrected chi connectivity index (χ0v) is 20.4. The summed E-state index contributed by atoms with van der Waals surface area (Å²) in [5.41, 5.74) is 1.22. The number of carbonyl (C=O) groups is 3.